The number of carbonyl (C=O) groups is 1. The summed E-state index contributed by atoms with van der Waals surface area (Å²) in [5.74, 6) is 0. The van der Waals surface area contributed by atoms with Crippen molar-refractivity contribution >= 4 is 6.09 Å². The first-order valence-electron chi connectivity index (χ1n) is 5.98. The molecule has 1 saturated carbocycles. The number of amides is 1. The van der Waals surface area contributed by atoms with Crippen LogP contribution in [0.15, 0.2) is 0 Å². The molecule has 0 aromatic rings. The molecule has 1 aliphatic heterocycles. The van der Waals surface area contributed by atoms with Gasteiger partial charge in [0.25, 0.3) is 0 Å². The Morgan fingerprint density at radius 3 is 2.62 bits per heavy atom. The van der Waals surface area contributed by atoms with Gasteiger partial charge in [-0.15, -0.1) is 0 Å². The number of ether oxygens (including phenoxy) is 2. The van der Waals surface area contributed by atoms with Gasteiger partial charge in [-0.1, -0.05) is 19.3 Å². The van der Waals surface area contributed by atoms with E-state index in [0.29, 0.717) is 6.61 Å². The van der Waals surface area contributed by atoms with Crippen LogP contribution in [0.1, 0.15) is 32.1 Å². The smallest absolute Gasteiger partial charge is 0.407 e. The average molecular weight is 229 g/mol. The summed E-state index contributed by atoms with van der Waals surface area (Å²) in [5, 5.41) is 12.3. The number of aliphatic hydroxyl groups excluding tert-OH is 1. The van der Waals surface area contributed by atoms with Gasteiger partial charge in [0.15, 0.2) is 6.10 Å². The summed E-state index contributed by atoms with van der Waals surface area (Å²) < 4.78 is 10.1. The Labute approximate surface area is 95.1 Å². The lowest BCUT2D eigenvalue weighted by atomic mass is 9.96. The van der Waals surface area contributed by atoms with E-state index < -0.39 is 18.3 Å². The number of rotatable bonds is 2. The largest absolute Gasteiger partial charge is 0.441 e. The fourth-order valence-electron chi connectivity index (χ4n) is 2.22. The minimum Gasteiger partial charge on any atom is -0.441 e. The van der Waals surface area contributed by atoms with E-state index in [0.717, 1.165) is 12.8 Å². The Bertz CT molecular complexity index is 240. The van der Waals surface area contributed by atoms with Crippen molar-refractivity contribution < 1.29 is 19.4 Å². The SMILES string of the molecule is O=C(NC1CCCCC1)O[C@@H]1COC[C@H]1O. The zero-order valence-electron chi connectivity index (χ0n) is 9.35. The summed E-state index contributed by atoms with van der Waals surface area (Å²) >= 11 is 0. The molecule has 2 rings (SSSR count). The number of aliphatic hydroxyl groups is 1. The summed E-state index contributed by atoms with van der Waals surface area (Å²) in [6.07, 6.45) is 4.02. The minimum absolute atomic E-state index is 0.237. The van der Waals surface area contributed by atoms with E-state index in [2.05, 4.69) is 5.32 Å². The summed E-state index contributed by atoms with van der Waals surface area (Å²) in [5.41, 5.74) is 0. The third kappa shape index (κ3) is 3.09. The number of hydrogen-bond donors (Lipinski definition) is 2. The highest BCUT2D eigenvalue weighted by molar-refractivity contribution is 5.67. The molecule has 1 heterocycles. The van der Waals surface area contributed by atoms with Gasteiger partial charge in [0.05, 0.1) is 13.2 Å². The first-order chi connectivity index (χ1) is 7.75. The number of hydrogen-bond acceptors (Lipinski definition) is 4. The van der Waals surface area contributed by atoms with Crippen molar-refractivity contribution in [1.82, 2.24) is 5.32 Å². The Balaban J connectivity index is 1.70. The molecule has 5 heteroatoms. The van der Waals surface area contributed by atoms with Crippen molar-refractivity contribution in [3.05, 3.63) is 0 Å². The molecule has 2 N–H and O–H groups in total. The van der Waals surface area contributed by atoms with Gasteiger partial charge in [0, 0.05) is 6.04 Å². The van der Waals surface area contributed by atoms with Crippen LogP contribution in [0.3, 0.4) is 0 Å². The van der Waals surface area contributed by atoms with Gasteiger partial charge < -0.3 is 19.9 Å². The van der Waals surface area contributed by atoms with Crippen molar-refractivity contribution in [1.29, 1.82) is 0 Å². The Morgan fingerprint density at radius 2 is 2.00 bits per heavy atom. The number of nitrogens with one attached hydrogen (secondary N) is 1. The van der Waals surface area contributed by atoms with Crippen LogP contribution in [-0.2, 0) is 9.47 Å². The van der Waals surface area contributed by atoms with Crippen LogP contribution in [-0.4, -0.2) is 42.7 Å². The maximum atomic E-state index is 11.5. The molecule has 0 aromatic heterocycles. The maximum absolute atomic E-state index is 11.5. The summed E-state index contributed by atoms with van der Waals surface area (Å²) in [7, 11) is 0. The van der Waals surface area contributed by atoms with Crippen LogP contribution < -0.4 is 5.32 Å². The topological polar surface area (TPSA) is 67.8 Å². The second-order valence-electron chi connectivity index (χ2n) is 4.53. The first-order valence-corrected chi connectivity index (χ1v) is 5.98. The second kappa shape index (κ2) is 5.50. The maximum Gasteiger partial charge on any atom is 0.407 e. The summed E-state index contributed by atoms with van der Waals surface area (Å²) in [6.45, 7) is 0.542. The first kappa shape index (κ1) is 11.7. The molecule has 2 fully saturated rings. The molecule has 2 aliphatic rings. The molecule has 2 atom stereocenters. The molecular formula is C11H19NO4. The highest BCUT2D eigenvalue weighted by Gasteiger charge is 2.30. The Hall–Kier alpha value is -0.810. The van der Waals surface area contributed by atoms with Crippen LogP contribution in [0, 0.1) is 0 Å². The van der Waals surface area contributed by atoms with Crippen molar-refractivity contribution in [2.24, 2.45) is 0 Å². The molecule has 5 nitrogen and oxygen atoms in total. The van der Waals surface area contributed by atoms with E-state index in [1.807, 2.05) is 0 Å². The third-order valence-electron chi connectivity index (χ3n) is 3.19. The van der Waals surface area contributed by atoms with E-state index in [1.165, 1.54) is 19.3 Å². The molecule has 0 aromatic carbocycles. The zero-order valence-corrected chi connectivity index (χ0v) is 9.35. The van der Waals surface area contributed by atoms with Gasteiger partial charge in [-0.2, -0.15) is 0 Å². The summed E-state index contributed by atoms with van der Waals surface area (Å²) in [6, 6.07) is 0.237. The van der Waals surface area contributed by atoms with E-state index in [1.54, 1.807) is 0 Å². The second-order valence-corrected chi connectivity index (χ2v) is 4.53. The fraction of sp³-hybridized carbons (Fsp3) is 0.909. The van der Waals surface area contributed by atoms with Crippen LogP contribution in [0.2, 0.25) is 0 Å². The van der Waals surface area contributed by atoms with E-state index in [9.17, 15) is 9.90 Å². The molecule has 0 bridgehead atoms. The predicted octanol–water partition coefficient (Wildman–Crippen LogP) is 0.805. The molecule has 1 aliphatic carbocycles. The van der Waals surface area contributed by atoms with Crippen LogP contribution >= 0.6 is 0 Å². The van der Waals surface area contributed by atoms with Crippen molar-refractivity contribution in [3.8, 4) is 0 Å². The Kier molecular flexibility index (Phi) is 4.01. The quantitative estimate of drug-likeness (QED) is 0.735. The molecule has 1 amide bonds. The van der Waals surface area contributed by atoms with Crippen LogP contribution in [0.4, 0.5) is 4.79 Å². The predicted molar refractivity (Wildman–Crippen MR) is 57.1 cm³/mol. The molecular weight excluding hydrogens is 210 g/mol. The zero-order chi connectivity index (χ0) is 11.4. The normalized spacial score (nSPS) is 31.3. The highest BCUT2D eigenvalue weighted by atomic mass is 16.6. The Morgan fingerprint density at radius 1 is 1.25 bits per heavy atom. The monoisotopic (exact) mass is 229 g/mol. The lowest BCUT2D eigenvalue weighted by Gasteiger charge is -2.23. The lowest BCUT2D eigenvalue weighted by Crippen LogP contribution is -2.40. The molecule has 1 saturated heterocycles. The van der Waals surface area contributed by atoms with E-state index >= 15 is 0 Å². The standard InChI is InChI=1S/C11H19NO4/c13-9-6-15-7-10(9)16-11(14)12-8-4-2-1-3-5-8/h8-10,13H,1-7H2,(H,12,14)/t9-,10-/m1/s1. The fourth-order valence-corrected chi connectivity index (χ4v) is 2.22. The molecule has 0 spiro atoms. The number of alkyl carbamates (subject to hydrolysis) is 1. The van der Waals surface area contributed by atoms with Crippen LogP contribution in [0.5, 0.6) is 0 Å². The van der Waals surface area contributed by atoms with Gasteiger partial charge in [0.1, 0.15) is 6.10 Å². The lowest BCUT2D eigenvalue weighted by molar-refractivity contribution is 0.0305. The van der Waals surface area contributed by atoms with Gasteiger partial charge >= 0.3 is 6.09 Å². The third-order valence-corrected chi connectivity index (χ3v) is 3.19. The molecule has 0 unspecified atom stereocenters. The van der Waals surface area contributed by atoms with E-state index in [-0.39, 0.29) is 12.6 Å². The van der Waals surface area contributed by atoms with Crippen LogP contribution in [0.25, 0.3) is 0 Å². The van der Waals surface area contributed by atoms with Crippen molar-refractivity contribution in [2.75, 3.05) is 13.2 Å². The minimum atomic E-state index is -0.683. The molecule has 92 valence electrons. The van der Waals surface area contributed by atoms with Crippen molar-refractivity contribution in [3.63, 3.8) is 0 Å². The summed E-state index contributed by atoms with van der Waals surface area (Å²) in [4.78, 5) is 11.5. The van der Waals surface area contributed by atoms with Gasteiger partial charge in [-0.05, 0) is 12.8 Å². The van der Waals surface area contributed by atoms with Gasteiger partial charge in [-0.25, -0.2) is 4.79 Å². The average Bonchev–Trinajstić information content (AvgIpc) is 2.66. The van der Waals surface area contributed by atoms with Gasteiger partial charge in [-0.3, -0.25) is 0 Å². The highest BCUT2D eigenvalue weighted by Crippen LogP contribution is 2.18. The van der Waals surface area contributed by atoms with Gasteiger partial charge in [0.2, 0.25) is 0 Å². The molecule has 0 radical (unpaired) electrons. The van der Waals surface area contributed by atoms with Crippen molar-refractivity contribution in [2.45, 2.75) is 50.4 Å². The molecule has 16 heavy (non-hydrogen) atoms. The van der Waals surface area contributed by atoms with E-state index in [4.69, 9.17) is 9.47 Å². The number of carbonyl (C=O) groups excluding carboxylic acids is 1.